The molecule has 0 aliphatic heterocycles. The molecule has 0 heterocycles. The average molecular weight is 206 g/mol. The molecule has 0 saturated carbocycles. The van der Waals surface area contributed by atoms with Gasteiger partial charge in [-0.25, -0.2) is 0 Å². The molecule has 0 amide bonds. The molecule has 1 aromatic rings. The summed E-state index contributed by atoms with van der Waals surface area (Å²) >= 11 is 0. The fourth-order valence-corrected chi connectivity index (χ4v) is 1.06. The minimum atomic E-state index is -0.513. The lowest BCUT2D eigenvalue weighted by atomic mass is 10.2. The highest BCUT2D eigenvalue weighted by Crippen LogP contribution is 2.09. The van der Waals surface area contributed by atoms with Gasteiger partial charge in [-0.2, -0.15) is 0 Å². The minimum absolute atomic E-state index is 0.513. The van der Waals surface area contributed by atoms with Crippen LogP contribution in [0, 0.1) is 0 Å². The molecule has 0 aliphatic carbocycles. The van der Waals surface area contributed by atoms with Gasteiger partial charge in [0, 0.05) is 7.11 Å². The van der Waals surface area contributed by atoms with Gasteiger partial charge in [-0.05, 0) is 19.4 Å². The second kappa shape index (κ2) is 5.69. The van der Waals surface area contributed by atoms with Crippen molar-refractivity contribution in [1.29, 1.82) is 0 Å². The van der Waals surface area contributed by atoms with Crippen LogP contribution in [0.4, 0.5) is 0 Å². The van der Waals surface area contributed by atoms with Crippen molar-refractivity contribution in [3.63, 3.8) is 0 Å². The quantitative estimate of drug-likeness (QED) is 0.689. The van der Waals surface area contributed by atoms with Gasteiger partial charge >= 0.3 is 0 Å². The summed E-state index contributed by atoms with van der Waals surface area (Å²) in [5.74, 6) is -0.513. The molecule has 1 aromatic carbocycles. The lowest BCUT2D eigenvalue weighted by molar-refractivity contribution is -0.189. The zero-order chi connectivity index (χ0) is 11.1. The van der Waals surface area contributed by atoms with Crippen molar-refractivity contribution in [2.24, 2.45) is 0 Å². The number of hydrogen-bond acceptors (Lipinski definition) is 2. The van der Waals surface area contributed by atoms with Gasteiger partial charge < -0.3 is 9.47 Å². The third-order valence-corrected chi connectivity index (χ3v) is 2.13. The summed E-state index contributed by atoms with van der Waals surface area (Å²) in [5.41, 5.74) is 1.18. The summed E-state index contributed by atoms with van der Waals surface area (Å²) < 4.78 is 10.6. The molecule has 0 aromatic heterocycles. The molecule has 0 spiro atoms. The van der Waals surface area contributed by atoms with E-state index in [4.69, 9.17) is 9.47 Å². The first kappa shape index (κ1) is 12.0. The fourth-order valence-electron chi connectivity index (χ4n) is 1.06. The van der Waals surface area contributed by atoms with Crippen LogP contribution < -0.4 is 0 Å². The van der Waals surface area contributed by atoms with E-state index in [0.717, 1.165) is 0 Å². The Labute approximate surface area is 91.5 Å². The van der Waals surface area contributed by atoms with Crippen molar-refractivity contribution in [3.8, 4) is 0 Å². The Morgan fingerprint density at radius 3 is 2.47 bits per heavy atom. The van der Waals surface area contributed by atoms with Crippen molar-refractivity contribution in [1.82, 2.24) is 0 Å². The second-order valence-electron chi connectivity index (χ2n) is 3.73. The normalized spacial score (nSPS) is 12.2. The van der Waals surface area contributed by atoms with Crippen LogP contribution in [-0.2, 0) is 9.47 Å². The summed E-state index contributed by atoms with van der Waals surface area (Å²) in [5, 5.41) is 0. The van der Waals surface area contributed by atoms with Crippen LogP contribution in [0.5, 0.6) is 0 Å². The number of rotatable bonds is 5. The van der Waals surface area contributed by atoms with E-state index >= 15 is 0 Å². The first-order chi connectivity index (χ1) is 7.14. The van der Waals surface area contributed by atoms with Gasteiger partial charge in [0.25, 0.3) is 0 Å². The molecule has 0 atom stereocenters. The van der Waals surface area contributed by atoms with Gasteiger partial charge in [0.2, 0.25) is 0 Å². The second-order valence-corrected chi connectivity index (χ2v) is 3.73. The Morgan fingerprint density at radius 1 is 1.20 bits per heavy atom. The maximum Gasteiger partial charge on any atom is 0.162 e. The van der Waals surface area contributed by atoms with E-state index in [-0.39, 0.29) is 0 Å². The Kier molecular flexibility index (Phi) is 4.53. The maximum absolute atomic E-state index is 5.49. The predicted octanol–water partition coefficient (Wildman–Crippen LogP) is 3.10. The molecule has 0 N–H and O–H groups in total. The molecule has 2 heteroatoms. The first-order valence-electron chi connectivity index (χ1n) is 5.05. The molecule has 0 unspecified atom stereocenters. The summed E-state index contributed by atoms with van der Waals surface area (Å²) in [6, 6.07) is 10.1. The molecule has 2 nitrogen and oxygen atoms in total. The van der Waals surface area contributed by atoms with Crippen molar-refractivity contribution < 1.29 is 9.47 Å². The molecule has 0 saturated heterocycles. The van der Waals surface area contributed by atoms with Crippen LogP contribution in [0.1, 0.15) is 19.4 Å². The topological polar surface area (TPSA) is 18.5 Å². The molecule has 0 radical (unpaired) electrons. The van der Waals surface area contributed by atoms with E-state index in [2.05, 4.69) is 12.1 Å². The SMILES string of the molecule is COC(C)(C)OC/C=C/c1ccccc1. The molecule has 0 fully saturated rings. The van der Waals surface area contributed by atoms with E-state index in [9.17, 15) is 0 Å². The Balaban J connectivity index is 2.35. The molecular formula is C13H18O2. The maximum atomic E-state index is 5.49. The van der Waals surface area contributed by atoms with E-state index in [1.807, 2.05) is 44.2 Å². The number of ether oxygens (including phenoxy) is 2. The van der Waals surface area contributed by atoms with E-state index in [1.54, 1.807) is 7.11 Å². The number of hydrogen-bond donors (Lipinski definition) is 0. The third-order valence-electron chi connectivity index (χ3n) is 2.13. The Bertz CT molecular complexity index is 302. The molecule has 82 valence electrons. The van der Waals surface area contributed by atoms with Crippen molar-refractivity contribution in [2.75, 3.05) is 13.7 Å². The molecule has 0 aliphatic rings. The van der Waals surface area contributed by atoms with Gasteiger partial charge in [-0.3, -0.25) is 0 Å². The van der Waals surface area contributed by atoms with Gasteiger partial charge in [-0.1, -0.05) is 42.5 Å². The van der Waals surface area contributed by atoms with Crippen molar-refractivity contribution >= 4 is 6.08 Å². The first-order valence-corrected chi connectivity index (χ1v) is 5.05. The minimum Gasteiger partial charge on any atom is -0.354 e. The fraction of sp³-hybridized carbons (Fsp3) is 0.385. The highest BCUT2D eigenvalue weighted by Gasteiger charge is 2.14. The third kappa shape index (κ3) is 4.77. The van der Waals surface area contributed by atoms with E-state index in [0.29, 0.717) is 6.61 Å². The van der Waals surface area contributed by atoms with E-state index in [1.165, 1.54) is 5.56 Å². The van der Waals surface area contributed by atoms with Gasteiger partial charge in [0.05, 0.1) is 6.61 Å². The highest BCUT2D eigenvalue weighted by atomic mass is 16.7. The van der Waals surface area contributed by atoms with E-state index < -0.39 is 5.79 Å². The lowest BCUT2D eigenvalue weighted by Gasteiger charge is -2.22. The van der Waals surface area contributed by atoms with Crippen LogP contribution in [-0.4, -0.2) is 19.5 Å². The standard InChI is InChI=1S/C13H18O2/c1-13(2,14-3)15-11-7-10-12-8-5-4-6-9-12/h4-10H,11H2,1-3H3/b10-7+. The lowest BCUT2D eigenvalue weighted by Crippen LogP contribution is -2.26. The van der Waals surface area contributed by atoms with Crippen molar-refractivity contribution in [3.05, 3.63) is 42.0 Å². The smallest absolute Gasteiger partial charge is 0.162 e. The van der Waals surface area contributed by atoms with Crippen LogP contribution in [0.15, 0.2) is 36.4 Å². The molecular weight excluding hydrogens is 188 g/mol. The molecule has 1 rings (SSSR count). The van der Waals surface area contributed by atoms with Gasteiger partial charge in [0.15, 0.2) is 5.79 Å². The summed E-state index contributed by atoms with van der Waals surface area (Å²) in [4.78, 5) is 0. The van der Waals surface area contributed by atoms with Crippen molar-refractivity contribution in [2.45, 2.75) is 19.6 Å². The number of benzene rings is 1. The number of methoxy groups -OCH3 is 1. The Morgan fingerprint density at radius 2 is 1.87 bits per heavy atom. The van der Waals surface area contributed by atoms with Crippen LogP contribution >= 0.6 is 0 Å². The zero-order valence-electron chi connectivity index (χ0n) is 9.57. The van der Waals surface area contributed by atoms with Crippen LogP contribution in [0.25, 0.3) is 6.08 Å². The average Bonchev–Trinajstić information content (AvgIpc) is 2.26. The summed E-state index contributed by atoms with van der Waals surface area (Å²) in [7, 11) is 1.64. The Hall–Kier alpha value is -1.12. The molecule has 0 bridgehead atoms. The molecule has 15 heavy (non-hydrogen) atoms. The monoisotopic (exact) mass is 206 g/mol. The van der Waals surface area contributed by atoms with Crippen LogP contribution in [0.3, 0.4) is 0 Å². The van der Waals surface area contributed by atoms with Crippen LogP contribution in [0.2, 0.25) is 0 Å². The highest BCUT2D eigenvalue weighted by molar-refractivity contribution is 5.48. The van der Waals surface area contributed by atoms with Gasteiger partial charge in [0.1, 0.15) is 0 Å². The predicted molar refractivity (Wildman–Crippen MR) is 62.5 cm³/mol. The zero-order valence-corrected chi connectivity index (χ0v) is 9.57. The largest absolute Gasteiger partial charge is 0.354 e. The summed E-state index contributed by atoms with van der Waals surface area (Å²) in [6.07, 6.45) is 4.02. The summed E-state index contributed by atoms with van der Waals surface area (Å²) in [6.45, 7) is 4.34. The van der Waals surface area contributed by atoms with Gasteiger partial charge in [-0.15, -0.1) is 0 Å².